The predicted octanol–water partition coefficient (Wildman–Crippen LogP) is 2.24. The second-order valence-electron chi connectivity index (χ2n) is 8.43. The Hall–Kier alpha value is -1.53. The van der Waals surface area contributed by atoms with E-state index in [1.807, 2.05) is 39.8 Å². The highest BCUT2D eigenvalue weighted by Crippen LogP contribution is 2.58. The van der Waals surface area contributed by atoms with Crippen molar-refractivity contribution >= 4 is 18.7 Å². The average molecular weight is 329 g/mol. The summed E-state index contributed by atoms with van der Waals surface area (Å²) in [5.41, 5.74) is 1.50. The van der Waals surface area contributed by atoms with Crippen molar-refractivity contribution in [3.05, 3.63) is 29.8 Å². The predicted molar refractivity (Wildman–Crippen MR) is 91.5 cm³/mol. The monoisotopic (exact) mass is 329 g/mol. The third kappa shape index (κ3) is 2.20. The normalized spacial score (nSPS) is 32.8. The smallest absolute Gasteiger partial charge is 0.465 e. The van der Waals surface area contributed by atoms with Crippen molar-refractivity contribution in [3.8, 4) is 0 Å². The van der Waals surface area contributed by atoms with E-state index in [2.05, 4.69) is 12.1 Å². The molecule has 2 unspecified atom stereocenters. The summed E-state index contributed by atoms with van der Waals surface area (Å²) in [5.74, 6) is 0.446. The van der Waals surface area contributed by atoms with Crippen LogP contribution in [0.15, 0.2) is 24.3 Å². The van der Waals surface area contributed by atoms with Gasteiger partial charge in [0.25, 0.3) is 0 Å². The van der Waals surface area contributed by atoms with Crippen LogP contribution in [0.3, 0.4) is 0 Å². The summed E-state index contributed by atoms with van der Waals surface area (Å²) in [7, 11) is -0.375. The van der Waals surface area contributed by atoms with Gasteiger partial charge in [0, 0.05) is 18.5 Å². The van der Waals surface area contributed by atoms with Crippen LogP contribution < -0.4 is 5.46 Å². The maximum Gasteiger partial charge on any atom is 0.494 e. The Bertz CT molecular complexity index is 688. The Morgan fingerprint density at radius 3 is 2.50 bits per heavy atom. The number of piperidine rings is 1. The Kier molecular flexibility index (Phi) is 3.17. The van der Waals surface area contributed by atoms with Crippen molar-refractivity contribution in [2.45, 2.75) is 50.7 Å². The number of hydrogen-bond donors (Lipinski definition) is 1. The molecule has 3 fully saturated rings. The molecule has 3 aliphatic rings. The summed E-state index contributed by atoms with van der Waals surface area (Å²) in [6.45, 7) is 9.44. The van der Waals surface area contributed by atoms with Crippen molar-refractivity contribution in [1.29, 1.82) is 0 Å². The van der Waals surface area contributed by atoms with Gasteiger partial charge in [0.15, 0.2) is 0 Å². The molecule has 5 nitrogen and oxygen atoms in total. The minimum atomic E-state index is -0.816. The fourth-order valence-electron chi connectivity index (χ4n) is 4.05. The number of carbonyl (C=O) groups is 1. The van der Waals surface area contributed by atoms with Gasteiger partial charge in [-0.05, 0) is 51.1 Å². The second-order valence-corrected chi connectivity index (χ2v) is 8.43. The molecule has 1 aliphatic carbocycles. The van der Waals surface area contributed by atoms with Gasteiger partial charge < -0.3 is 19.3 Å². The highest BCUT2D eigenvalue weighted by Gasteiger charge is 2.62. The molecule has 2 saturated heterocycles. The standard InChI is InChI=1S/C18H24BNO4/c1-16(2)17(3,4)24-19(23-16)14-7-5-6-12(8-14)18-9-13(18)10-20(11-18)15(21)22/h5-8,13H,9-11H2,1-4H3,(H,21,22). The minimum absolute atomic E-state index is 0.00194. The fraction of sp³-hybridized carbons (Fsp3) is 0.611. The zero-order valence-electron chi connectivity index (χ0n) is 14.7. The van der Waals surface area contributed by atoms with E-state index in [1.54, 1.807) is 0 Å². The highest BCUT2D eigenvalue weighted by atomic mass is 16.7. The molecule has 0 radical (unpaired) electrons. The van der Waals surface area contributed by atoms with E-state index in [0.29, 0.717) is 19.0 Å². The van der Waals surface area contributed by atoms with E-state index < -0.39 is 6.09 Å². The maximum absolute atomic E-state index is 11.2. The van der Waals surface area contributed by atoms with Crippen molar-refractivity contribution in [2.24, 2.45) is 5.92 Å². The van der Waals surface area contributed by atoms with Gasteiger partial charge in [0.2, 0.25) is 0 Å². The summed E-state index contributed by atoms with van der Waals surface area (Å²) in [6, 6.07) is 8.32. The summed E-state index contributed by atoms with van der Waals surface area (Å²) in [4.78, 5) is 12.8. The van der Waals surface area contributed by atoms with E-state index >= 15 is 0 Å². The number of amides is 1. The van der Waals surface area contributed by atoms with Crippen LogP contribution >= 0.6 is 0 Å². The molecule has 2 heterocycles. The number of carboxylic acid groups (broad SMARTS) is 1. The van der Waals surface area contributed by atoms with Gasteiger partial charge in [0.05, 0.1) is 11.2 Å². The van der Waals surface area contributed by atoms with Crippen molar-refractivity contribution < 1.29 is 19.2 Å². The molecule has 24 heavy (non-hydrogen) atoms. The number of rotatable bonds is 2. The SMILES string of the molecule is CC1(C)OB(c2cccc(C34CC3CN(C(=O)O)C4)c2)OC1(C)C. The van der Waals surface area contributed by atoms with Crippen LogP contribution in [0.4, 0.5) is 4.79 Å². The van der Waals surface area contributed by atoms with E-state index in [1.165, 1.54) is 10.5 Å². The molecule has 2 aliphatic heterocycles. The minimum Gasteiger partial charge on any atom is -0.465 e. The Morgan fingerprint density at radius 1 is 1.25 bits per heavy atom. The fourth-order valence-corrected chi connectivity index (χ4v) is 4.05. The van der Waals surface area contributed by atoms with Crippen molar-refractivity contribution in [3.63, 3.8) is 0 Å². The summed E-state index contributed by atoms with van der Waals surface area (Å²) in [5, 5.41) is 9.24. The summed E-state index contributed by atoms with van der Waals surface area (Å²) in [6.07, 6.45) is 0.257. The zero-order chi connectivity index (χ0) is 17.3. The molecule has 0 aromatic heterocycles. The molecular formula is C18H24BNO4. The van der Waals surface area contributed by atoms with Gasteiger partial charge in [-0.2, -0.15) is 0 Å². The first-order chi connectivity index (χ1) is 11.1. The van der Waals surface area contributed by atoms with Crippen LogP contribution in [-0.2, 0) is 14.7 Å². The lowest BCUT2D eigenvalue weighted by Crippen LogP contribution is -2.41. The largest absolute Gasteiger partial charge is 0.494 e. The molecule has 2 atom stereocenters. The molecule has 1 saturated carbocycles. The lowest BCUT2D eigenvalue weighted by atomic mass is 9.77. The Morgan fingerprint density at radius 2 is 1.92 bits per heavy atom. The number of nitrogens with zero attached hydrogens (tertiary/aromatic N) is 1. The van der Waals surface area contributed by atoms with E-state index in [4.69, 9.17) is 9.31 Å². The van der Waals surface area contributed by atoms with Crippen LogP contribution in [0.5, 0.6) is 0 Å². The van der Waals surface area contributed by atoms with E-state index in [9.17, 15) is 9.90 Å². The van der Waals surface area contributed by atoms with Crippen LogP contribution in [0.25, 0.3) is 0 Å². The number of hydrogen-bond acceptors (Lipinski definition) is 3. The molecular weight excluding hydrogens is 305 g/mol. The quantitative estimate of drug-likeness (QED) is 0.846. The summed E-state index contributed by atoms with van der Waals surface area (Å²) < 4.78 is 12.3. The van der Waals surface area contributed by atoms with E-state index in [0.717, 1.165) is 11.9 Å². The third-order valence-corrected chi connectivity index (χ3v) is 6.40. The topological polar surface area (TPSA) is 59.0 Å². The first-order valence-electron chi connectivity index (χ1n) is 8.59. The van der Waals surface area contributed by atoms with Gasteiger partial charge in [0.1, 0.15) is 0 Å². The molecule has 1 aromatic rings. The zero-order valence-corrected chi connectivity index (χ0v) is 14.7. The number of fused-ring (bicyclic) bond motifs is 1. The maximum atomic E-state index is 11.2. The molecule has 0 spiro atoms. The average Bonchev–Trinajstić information content (AvgIpc) is 2.98. The summed E-state index contributed by atoms with van der Waals surface area (Å²) >= 11 is 0. The number of benzene rings is 1. The lowest BCUT2D eigenvalue weighted by molar-refractivity contribution is 0.00578. The molecule has 4 rings (SSSR count). The van der Waals surface area contributed by atoms with Crippen molar-refractivity contribution in [2.75, 3.05) is 13.1 Å². The Balaban J connectivity index is 1.59. The molecule has 0 bridgehead atoms. The van der Waals surface area contributed by atoms with Gasteiger partial charge in [-0.1, -0.05) is 24.3 Å². The highest BCUT2D eigenvalue weighted by molar-refractivity contribution is 6.62. The van der Waals surface area contributed by atoms with Crippen molar-refractivity contribution in [1.82, 2.24) is 4.90 Å². The van der Waals surface area contributed by atoms with Crippen LogP contribution in [-0.4, -0.2) is 47.5 Å². The first-order valence-corrected chi connectivity index (χ1v) is 8.59. The number of likely N-dealkylation sites (tertiary alicyclic amines) is 1. The van der Waals surface area contributed by atoms with Crippen LogP contribution in [0.2, 0.25) is 0 Å². The molecule has 128 valence electrons. The molecule has 1 aromatic carbocycles. The molecule has 1 amide bonds. The van der Waals surface area contributed by atoms with Gasteiger partial charge in [-0.25, -0.2) is 4.79 Å². The van der Waals surface area contributed by atoms with Gasteiger partial charge >= 0.3 is 13.2 Å². The second kappa shape index (κ2) is 4.76. The van der Waals surface area contributed by atoms with Gasteiger partial charge in [-0.15, -0.1) is 0 Å². The van der Waals surface area contributed by atoms with Crippen LogP contribution in [0.1, 0.15) is 39.7 Å². The Labute approximate surface area is 143 Å². The first kappa shape index (κ1) is 16.0. The van der Waals surface area contributed by atoms with Gasteiger partial charge in [-0.3, -0.25) is 0 Å². The van der Waals surface area contributed by atoms with E-state index in [-0.39, 0.29) is 23.7 Å². The molecule has 6 heteroatoms. The molecule has 1 N–H and O–H groups in total. The lowest BCUT2D eigenvalue weighted by Gasteiger charge is -2.32. The van der Waals surface area contributed by atoms with Crippen LogP contribution in [0, 0.1) is 5.92 Å². The third-order valence-electron chi connectivity index (χ3n) is 6.40.